The number of hydrogen-bond acceptors (Lipinski definition) is 6. The Kier molecular flexibility index (Phi) is 5.38. The van der Waals surface area contributed by atoms with Gasteiger partial charge in [0.15, 0.2) is 0 Å². The molecule has 1 amide bonds. The maximum atomic E-state index is 12.8. The Morgan fingerprint density at radius 2 is 2.00 bits per heavy atom. The molecule has 0 spiro atoms. The van der Waals surface area contributed by atoms with E-state index in [-0.39, 0.29) is 5.91 Å². The number of piperidine rings is 1. The predicted molar refractivity (Wildman–Crippen MR) is 104 cm³/mol. The molecule has 27 heavy (non-hydrogen) atoms. The molecular weight excluding hydrogens is 342 g/mol. The number of amides is 1. The van der Waals surface area contributed by atoms with Crippen LogP contribution in [0, 0.1) is 6.92 Å². The van der Waals surface area contributed by atoms with Crippen LogP contribution in [0.3, 0.4) is 0 Å². The van der Waals surface area contributed by atoms with Gasteiger partial charge in [0.2, 0.25) is 5.91 Å². The molecule has 2 aromatic rings. The van der Waals surface area contributed by atoms with Crippen LogP contribution in [0.2, 0.25) is 0 Å². The normalized spacial score (nSPS) is 20.9. The van der Waals surface area contributed by atoms with E-state index in [1.54, 1.807) is 0 Å². The highest BCUT2D eigenvalue weighted by atomic mass is 16.2. The van der Waals surface area contributed by atoms with Crippen LogP contribution in [0.15, 0.2) is 12.1 Å². The van der Waals surface area contributed by atoms with Gasteiger partial charge in [0.25, 0.3) is 0 Å². The number of aromatic amines is 1. The lowest BCUT2D eigenvalue weighted by molar-refractivity contribution is -0.134. The number of H-pyrrole nitrogens is 1. The number of carbonyl (C=O) groups is 1. The first-order chi connectivity index (χ1) is 13.1. The molecule has 0 saturated carbocycles. The van der Waals surface area contributed by atoms with Gasteiger partial charge < -0.3 is 16.0 Å². The van der Waals surface area contributed by atoms with Gasteiger partial charge in [-0.3, -0.25) is 14.8 Å². The van der Waals surface area contributed by atoms with E-state index >= 15 is 0 Å². The second-order valence-corrected chi connectivity index (χ2v) is 7.77. The van der Waals surface area contributed by atoms with Gasteiger partial charge in [0.1, 0.15) is 5.52 Å². The maximum Gasteiger partial charge on any atom is 0.239 e. The number of hydrogen-bond donors (Lipinski definition) is 3. The van der Waals surface area contributed by atoms with Crippen molar-refractivity contribution < 1.29 is 4.79 Å². The molecule has 1 aromatic heterocycles. The van der Waals surface area contributed by atoms with Gasteiger partial charge in [-0.05, 0) is 56.5 Å². The molecule has 4 N–H and O–H groups in total. The average Bonchev–Trinajstić information content (AvgIpc) is 3.17. The first-order valence-corrected chi connectivity index (χ1v) is 9.91. The molecule has 4 rings (SSSR count). The highest BCUT2D eigenvalue weighted by Crippen LogP contribution is 2.18. The summed E-state index contributed by atoms with van der Waals surface area (Å²) in [6, 6.07) is 4.17. The molecule has 3 heterocycles. The van der Waals surface area contributed by atoms with Crippen LogP contribution in [0.4, 0.5) is 0 Å². The van der Waals surface area contributed by atoms with E-state index in [0.29, 0.717) is 12.5 Å². The van der Waals surface area contributed by atoms with Gasteiger partial charge in [-0.1, -0.05) is 11.3 Å². The van der Waals surface area contributed by atoms with Gasteiger partial charge in [-0.15, -0.1) is 5.10 Å². The van der Waals surface area contributed by atoms with E-state index in [1.807, 2.05) is 17.9 Å². The van der Waals surface area contributed by atoms with Crippen molar-refractivity contribution in [2.45, 2.75) is 38.3 Å². The van der Waals surface area contributed by atoms with Crippen molar-refractivity contribution in [1.29, 1.82) is 0 Å². The zero-order valence-corrected chi connectivity index (χ0v) is 15.9. The second-order valence-electron chi connectivity index (χ2n) is 7.77. The summed E-state index contributed by atoms with van der Waals surface area (Å²) in [5.74, 6) is 0.0536. The van der Waals surface area contributed by atoms with E-state index in [0.717, 1.165) is 61.4 Å². The van der Waals surface area contributed by atoms with Gasteiger partial charge >= 0.3 is 0 Å². The van der Waals surface area contributed by atoms with Crippen molar-refractivity contribution >= 4 is 16.9 Å². The number of fused-ring (bicyclic) bond motifs is 1. The fourth-order valence-corrected chi connectivity index (χ4v) is 4.37. The fraction of sp³-hybridized carbons (Fsp3) is 0.632. The van der Waals surface area contributed by atoms with E-state index in [9.17, 15) is 4.79 Å². The van der Waals surface area contributed by atoms with Crippen LogP contribution in [-0.4, -0.2) is 82.5 Å². The van der Waals surface area contributed by atoms with Gasteiger partial charge in [0.05, 0.1) is 11.6 Å². The minimum absolute atomic E-state index is 0.0536. The van der Waals surface area contributed by atoms with E-state index in [4.69, 9.17) is 5.73 Å². The zero-order valence-electron chi connectivity index (χ0n) is 15.9. The van der Waals surface area contributed by atoms with Crippen LogP contribution in [0.25, 0.3) is 11.0 Å². The van der Waals surface area contributed by atoms with Crippen LogP contribution < -0.4 is 11.1 Å². The standard InChI is InChI=1S/C19H29N7O/c1-13-10-14(12-17-18(13)23-24-22-17)11-16(20)19(27)26-8-6-25(7-9-26)15-2-4-21-5-3-15/h10,12,15-16,21H,2-9,11,20H2,1H3,(H,22,23,24). The van der Waals surface area contributed by atoms with Gasteiger partial charge in [-0.25, -0.2) is 0 Å². The lowest BCUT2D eigenvalue weighted by Crippen LogP contribution is -2.56. The van der Waals surface area contributed by atoms with Crippen LogP contribution in [0.5, 0.6) is 0 Å². The molecule has 2 aliphatic heterocycles. The van der Waals surface area contributed by atoms with Crippen molar-refractivity contribution in [2.24, 2.45) is 5.73 Å². The topological polar surface area (TPSA) is 103 Å². The number of aromatic nitrogens is 3. The Morgan fingerprint density at radius 3 is 2.74 bits per heavy atom. The van der Waals surface area contributed by atoms with Crippen molar-refractivity contribution in [3.8, 4) is 0 Å². The van der Waals surface area contributed by atoms with Gasteiger partial charge in [0, 0.05) is 32.2 Å². The number of nitrogens with two attached hydrogens (primary N) is 1. The molecule has 0 bridgehead atoms. The third kappa shape index (κ3) is 3.97. The summed E-state index contributed by atoms with van der Waals surface area (Å²) in [6.07, 6.45) is 2.94. The smallest absolute Gasteiger partial charge is 0.239 e. The summed E-state index contributed by atoms with van der Waals surface area (Å²) in [4.78, 5) is 17.3. The van der Waals surface area contributed by atoms with Gasteiger partial charge in [-0.2, -0.15) is 0 Å². The zero-order chi connectivity index (χ0) is 18.8. The molecule has 8 heteroatoms. The molecule has 0 aliphatic carbocycles. The number of rotatable bonds is 4. The van der Waals surface area contributed by atoms with E-state index in [1.165, 1.54) is 12.8 Å². The molecule has 8 nitrogen and oxygen atoms in total. The van der Waals surface area contributed by atoms with E-state index in [2.05, 4.69) is 31.7 Å². The summed E-state index contributed by atoms with van der Waals surface area (Å²) < 4.78 is 0. The lowest BCUT2D eigenvalue weighted by atomic mass is 10.0. The first kappa shape index (κ1) is 18.3. The quantitative estimate of drug-likeness (QED) is 0.701. The number of piperazine rings is 1. The monoisotopic (exact) mass is 371 g/mol. The molecule has 0 radical (unpaired) electrons. The number of nitrogens with zero attached hydrogens (tertiary/aromatic N) is 4. The largest absolute Gasteiger partial charge is 0.339 e. The third-order valence-electron chi connectivity index (χ3n) is 5.92. The average molecular weight is 371 g/mol. The summed E-state index contributed by atoms with van der Waals surface area (Å²) in [5.41, 5.74) is 10.1. The molecule has 1 unspecified atom stereocenters. The first-order valence-electron chi connectivity index (χ1n) is 9.91. The highest BCUT2D eigenvalue weighted by Gasteiger charge is 2.29. The lowest BCUT2D eigenvalue weighted by Gasteiger charge is -2.41. The molecule has 146 valence electrons. The number of carbonyl (C=O) groups excluding carboxylic acids is 1. The Hall–Kier alpha value is -2.03. The molecular formula is C19H29N7O. The Labute approximate surface area is 159 Å². The fourth-order valence-electron chi connectivity index (χ4n) is 4.37. The van der Waals surface area contributed by atoms with Crippen LogP contribution in [-0.2, 0) is 11.2 Å². The van der Waals surface area contributed by atoms with Crippen molar-refractivity contribution in [3.05, 3.63) is 23.3 Å². The maximum absolute atomic E-state index is 12.8. The predicted octanol–water partition coefficient (Wildman–Crippen LogP) is 0.0323. The van der Waals surface area contributed by atoms with Crippen molar-refractivity contribution in [1.82, 2.24) is 30.5 Å². The summed E-state index contributed by atoms with van der Waals surface area (Å²) >= 11 is 0. The number of aryl methyl sites for hydroxylation is 1. The minimum atomic E-state index is -0.515. The Morgan fingerprint density at radius 1 is 1.26 bits per heavy atom. The Bertz CT molecular complexity index is 790. The molecule has 1 aromatic carbocycles. The summed E-state index contributed by atoms with van der Waals surface area (Å²) in [5, 5.41) is 14.2. The Balaban J connectivity index is 1.33. The minimum Gasteiger partial charge on any atom is -0.339 e. The summed E-state index contributed by atoms with van der Waals surface area (Å²) in [7, 11) is 0. The second kappa shape index (κ2) is 7.92. The molecule has 2 fully saturated rings. The van der Waals surface area contributed by atoms with Crippen LogP contribution in [0.1, 0.15) is 24.0 Å². The van der Waals surface area contributed by atoms with Crippen LogP contribution >= 0.6 is 0 Å². The SMILES string of the molecule is Cc1cc(CC(N)C(=O)N2CCN(C3CCNCC3)CC2)cc2nn[nH]c12. The highest BCUT2D eigenvalue weighted by molar-refractivity contribution is 5.83. The molecule has 1 atom stereocenters. The third-order valence-corrected chi connectivity index (χ3v) is 5.92. The molecule has 2 aliphatic rings. The van der Waals surface area contributed by atoms with E-state index < -0.39 is 6.04 Å². The van der Waals surface area contributed by atoms with Crippen molar-refractivity contribution in [2.75, 3.05) is 39.3 Å². The number of benzene rings is 1. The van der Waals surface area contributed by atoms with Crippen molar-refractivity contribution in [3.63, 3.8) is 0 Å². The molecule has 2 saturated heterocycles. The summed E-state index contributed by atoms with van der Waals surface area (Å²) in [6.45, 7) is 7.67. The number of nitrogens with one attached hydrogen (secondary N) is 2.